The van der Waals surface area contributed by atoms with Crippen LogP contribution >= 0.6 is 0 Å². The Morgan fingerprint density at radius 2 is 1.80 bits per heavy atom. The van der Waals surface area contributed by atoms with Crippen molar-refractivity contribution in [2.75, 3.05) is 19.3 Å². The van der Waals surface area contributed by atoms with Crippen molar-refractivity contribution in [1.29, 1.82) is 0 Å². The van der Waals surface area contributed by atoms with Crippen LogP contribution < -0.4 is 5.73 Å². The summed E-state index contributed by atoms with van der Waals surface area (Å²) in [6.45, 7) is 1.88. The number of aryl methyl sites for hydroxylation is 1. The molecule has 0 bridgehead atoms. The summed E-state index contributed by atoms with van der Waals surface area (Å²) in [6.07, 6.45) is 2.23. The van der Waals surface area contributed by atoms with E-state index in [9.17, 15) is 5.11 Å². The number of rotatable bonds is 6. The van der Waals surface area contributed by atoms with Gasteiger partial charge in [0.1, 0.15) is 5.75 Å². The normalized spacial score (nSPS) is 10.9. The summed E-state index contributed by atoms with van der Waals surface area (Å²) in [4.78, 5) is 2.27. The van der Waals surface area contributed by atoms with Crippen molar-refractivity contribution in [3.05, 3.63) is 59.7 Å². The summed E-state index contributed by atoms with van der Waals surface area (Å²) in [5.74, 6) is 0.153. The number of benzene rings is 2. The minimum absolute atomic E-state index is 0.153. The van der Waals surface area contributed by atoms with E-state index in [2.05, 4.69) is 36.2 Å². The minimum Gasteiger partial charge on any atom is -0.506 e. The highest BCUT2D eigenvalue weighted by Crippen LogP contribution is 2.21. The lowest BCUT2D eigenvalue weighted by molar-refractivity contribution is 0.322. The van der Waals surface area contributed by atoms with Gasteiger partial charge in [-0.1, -0.05) is 36.4 Å². The van der Waals surface area contributed by atoms with Crippen molar-refractivity contribution in [2.45, 2.75) is 19.4 Å². The fourth-order valence-electron chi connectivity index (χ4n) is 2.29. The molecular formula is C17H22N2O. The molecule has 2 aromatic carbocycles. The second kappa shape index (κ2) is 6.96. The number of hydrogen-bond donors (Lipinski definition) is 2. The van der Waals surface area contributed by atoms with Gasteiger partial charge in [0.2, 0.25) is 0 Å². The van der Waals surface area contributed by atoms with Crippen LogP contribution in [0.15, 0.2) is 48.5 Å². The molecule has 2 aromatic rings. The maximum Gasteiger partial charge on any atom is 0.138 e. The van der Waals surface area contributed by atoms with Gasteiger partial charge < -0.3 is 15.7 Å². The molecule has 0 aromatic heterocycles. The molecular weight excluding hydrogens is 248 g/mol. The molecule has 3 heteroatoms. The highest BCUT2D eigenvalue weighted by Gasteiger charge is 2.03. The molecule has 0 saturated carbocycles. The molecule has 0 heterocycles. The van der Waals surface area contributed by atoms with Crippen molar-refractivity contribution in [2.24, 2.45) is 0 Å². The fourth-order valence-corrected chi connectivity index (χ4v) is 2.29. The first-order valence-corrected chi connectivity index (χ1v) is 6.95. The number of nitrogens with zero attached hydrogens (tertiary/aromatic N) is 1. The van der Waals surface area contributed by atoms with Crippen LogP contribution in [0.2, 0.25) is 0 Å². The summed E-state index contributed by atoms with van der Waals surface area (Å²) in [5, 5.41) is 9.41. The van der Waals surface area contributed by atoms with E-state index in [1.54, 1.807) is 6.07 Å². The smallest absolute Gasteiger partial charge is 0.138 e. The molecule has 0 unspecified atom stereocenters. The molecule has 0 aliphatic carbocycles. The Kier molecular flexibility index (Phi) is 5.02. The van der Waals surface area contributed by atoms with Crippen LogP contribution in [-0.4, -0.2) is 23.6 Å². The average Bonchev–Trinajstić information content (AvgIpc) is 2.44. The Balaban J connectivity index is 1.77. The number of hydrogen-bond acceptors (Lipinski definition) is 3. The van der Waals surface area contributed by atoms with Crippen molar-refractivity contribution >= 4 is 5.69 Å². The first kappa shape index (κ1) is 14.4. The van der Waals surface area contributed by atoms with Gasteiger partial charge in [-0.2, -0.15) is 0 Å². The third kappa shape index (κ3) is 4.28. The van der Waals surface area contributed by atoms with Crippen LogP contribution in [0.4, 0.5) is 5.69 Å². The van der Waals surface area contributed by atoms with E-state index in [0.717, 1.165) is 31.5 Å². The van der Waals surface area contributed by atoms with Gasteiger partial charge in [-0.3, -0.25) is 0 Å². The number of phenols is 1. The zero-order chi connectivity index (χ0) is 14.4. The predicted molar refractivity (Wildman–Crippen MR) is 83.6 cm³/mol. The van der Waals surface area contributed by atoms with E-state index in [4.69, 9.17) is 5.73 Å². The van der Waals surface area contributed by atoms with Crippen molar-refractivity contribution < 1.29 is 5.11 Å². The molecule has 0 amide bonds. The molecule has 0 atom stereocenters. The Bertz CT molecular complexity index is 540. The second-order valence-corrected chi connectivity index (χ2v) is 5.22. The topological polar surface area (TPSA) is 49.5 Å². The first-order chi connectivity index (χ1) is 9.65. The summed E-state index contributed by atoms with van der Waals surface area (Å²) in [6, 6.07) is 16.0. The number of anilines is 1. The van der Waals surface area contributed by atoms with Gasteiger partial charge in [0, 0.05) is 6.54 Å². The molecule has 0 spiro atoms. The predicted octanol–water partition coefficient (Wildman–Crippen LogP) is 3.04. The number of phenolic OH excluding ortho intramolecular Hbond substituents is 1. The van der Waals surface area contributed by atoms with Gasteiger partial charge >= 0.3 is 0 Å². The molecule has 0 aliphatic heterocycles. The van der Waals surface area contributed by atoms with E-state index in [0.29, 0.717) is 5.69 Å². The van der Waals surface area contributed by atoms with Crippen molar-refractivity contribution in [3.8, 4) is 5.75 Å². The lowest BCUT2D eigenvalue weighted by atomic mass is 10.1. The monoisotopic (exact) mass is 270 g/mol. The van der Waals surface area contributed by atoms with Gasteiger partial charge in [-0.25, -0.2) is 0 Å². The SMILES string of the molecule is CN(CCCc1ccccc1)Cc1ccc(O)c(N)c1. The van der Waals surface area contributed by atoms with Gasteiger partial charge in [-0.05, 0) is 49.7 Å². The maximum absolute atomic E-state index is 9.41. The van der Waals surface area contributed by atoms with E-state index in [1.165, 1.54) is 5.56 Å². The van der Waals surface area contributed by atoms with Gasteiger partial charge in [0.05, 0.1) is 5.69 Å². The largest absolute Gasteiger partial charge is 0.506 e. The average molecular weight is 270 g/mol. The molecule has 106 valence electrons. The van der Waals surface area contributed by atoms with Crippen LogP contribution in [0.25, 0.3) is 0 Å². The summed E-state index contributed by atoms with van der Waals surface area (Å²) >= 11 is 0. The van der Waals surface area contributed by atoms with Gasteiger partial charge in [0.15, 0.2) is 0 Å². The summed E-state index contributed by atoms with van der Waals surface area (Å²) in [7, 11) is 2.11. The summed E-state index contributed by atoms with van der Waals surface area (Å²) in [5.41, 5.74) is 8.66. The lowest BCUT2D eigenvalue weighted by Crippen LogP contribution is -2.19. The Morgan fingerprint density at radius 1 is 1.05 bits per heavy atom. The Hall–Kier alpha value is -2.00. The van der Waals surface area contributed by atoms with Crippen LogP contribution in [-0.2, 0) is 13.0 Å². The van der Waals surface area contributed by atoms with E-state index in [-0.39, 0.29) is 5.75 Å². The quantitative estimate of drug-likeness (QED) is 0.626. The van der Waals surface area contributed by atoms with Crippen LogP contribution in [0, 0.1) is 0 Å². The molecule has 0 radical (unpaired) electrons. The molecule has 3 N–H and O–H groups in total. The van der Waals surface area contributed by atoms with Crippen LogP contribution in [0.1, 0.15) is 17.5 Å². The number of nitrogen functional groups attached to an aromatic ring is 1. The van der Waals surface area contributed by atoms with E-state index < -0.39 is 0 Å². The number of aromatic hydroxyl groups is 1. The Morgan fingerprint density at radius 3 is 2.50 bits per heavy atom. The highest BCUT2D eigenvalue weighted by atomic mass is 16.3. The molecule has 0 fully saturated rings. The zero-order valence-corrected chi connectivity index (χ0v) is 11.9. The third-order valence-corrected chi connectivity index (χ3v) is 3.39. The third-order valence-electron chi connectivity index (χ3n) is 3.39. The maximum atomic E-state index is 9.41. The fraction of sp³-hybridized carbons (Fsp3) is 0.294. The van der Waals surface area contributed by atoms with Crippen molar-refractivity contribution in [3.63, 3.8) is 0 Å². The molecule has 3 nitrogen and oxygen atoms in total. The standard InChI is InChI=1S/C17H22N2O/c1-19(11-5-8-14-6-3-2-4-7-14)13-15-9-10-17(20)16(18)12-15/h2-4,6-7,9-10,12,20H,5,8,11,13,18H2,1H3. The van der Waals surface area contributed by atoms with Crippen LogP contribution in [0.3, 0.4) is 0 Å². The molecule has 2 rings (SSSR count). The van der Waals surface area contributed by atoms with E-state index >= 15 is 0 Å². The Labute approximate surface area is 120 Å². The summed E-state index contributed by atoms with van der Waals surface area (Å²) < 4.78 is 0. The minimum atomic E-state index is 0.153. The molecule has 0 saturated heterocycles. The highest BCUT2D eigenvalue weighted by molar-refractivity contribution is 5.53. The van der Waals surface area contributed by atoms with Crippen LogP contribution in [0.5, 0.6) is 5.75 Å². The first-order valence-electron chi connectivity index (χ1n) is 6.95. The zero-order valence-electron chi connectivity index (χ0n) is 11.9. The lowest BCUT2D eigenvalue weighted by Gasteiger charge is -2.17. The number of nitrogens with two attached hydrogens (primary N) is 1. The van der Waals surface area contributed by atoms with Gasteiger partial charge in [0.25, 0.3) is 0 Å². The van der Waals surface area contributed by atoms with Gasteiger partial charge in [-0.15, -0.1) is 0 Å². The molecule has 20 heavy (non-hydrogen) atoms. The second-order valence-electron chi connectivity index (χ2n) is 5.22. The molecule has 0 aliphatic rings. The van der Waals surface area contributed by atoms with E-state index in [1.807, 2.05) is 18.2 Å². The van der Waals surface area contributed by atoms with Crippen molar-refractivity contribution in [1.82, 2.24) is 4.90 Å².